The summed E-state index contributed by atoms with van der Waals surface area (Å²) in [4.78, 5) is 21.8. The minimum atomic E-state index is -0.667. The number of nitrogens with one attached hydrogen (secondary N) is 2. The van der Waals surface area contributed by atoms with Gasteiger partial charge in [-0.2, -0.15) is 0 Å². The van der Waals surface area contributed by atoms with Crippen LogP contribution in [0.3, 0.4) is 0 Å². The Kier molecular flexibility index (Phi) is 3.31. The fourth-order valence-corrected chi connectivity index (χ4v) is 1.10. The van der Waals surface area contributed by atoms with Crippen molar-refractivity contribution in [2.45, 2.75) is 12.8 Å². The molecule has 1 aliphatic carbocycles. The van der Waals surface area contributed by atoms with E-state index in [0.717, 1.165) is 12.8 Å². The summed E-state index contributed by atoms with van der Waals surface area (Å²) in [6, 6.07) is 0. The molecule has 13 heavy (non-hydrogen) atoms. The molecule has 0 saturated carbocycles. The highest BCUT2D eigenvalue weighted by Gasteiger charge is 2.19. The Bertz CT molecular complexity index is 230. The van der Waals surface area contributed by atoms with E-state index in [2.05, 4.69) is 15.6 Å². The van der Waals surface area contributed by atoms with Gasteiger partial charge in [0.15, 0.2) is 0 Å². The van der Waals surface area contributed by atoms with Crippen LogP contribution in [0.5, 0.6) is 0 Å². The third kappa shape index (κ3) is 2.77. The van der Waals surface area contributed by atoms with Crippen LogP contribution in [-0.4, -0.2) is 19.1 Å². The van der Waals surface area contributed by atoms with Gasteiger partial charge in [-0.1, -0.05) is 12.2 Å². The largest absolute Gasteiger partial charge is 0.452 e. The molecule has 0 aromatic heterocycles. The number of rotatable bonds is 1. The number of ether oxygens (including phenoxy) is 1. The third-order valence-corrected chi connectivity index (χ3v) is 1.85. The molecule has 5 nitrogen and oxygen atoms in total. The van der Waals surface area contributed by atoms with Crippen molar-refractivity contribution in [3.63, 3.8) is 0 Å². The van der Waals surface area contributed by atoms with Gasteiger partial charge in [0.05, 0.1) is 7.11 Å². The molecule has 0 bridgehead atoms. The van der Waals surface area contributed by atoms with Crippen molar-refractivity contribution in [1.82, 2.24) is 10.9 Å². The van der Waals surface area contributed by atoms with Gasteiger partial charge in [-0.25, -0.2) is 10.2 Å². The number of hydrogen-bond acceptors (Lipinski definition) is 3. The lowest BCUT2D eigenvalue weighted by molar-refractivity contribution is -0.125. The van der Waals surface area contributed by atoms with E-state index in [-0.39, 0.29) is 11.8 Å². The Morgan fingerprint density at radius 2 is 1.92 bits per heavy atom. The summed E-state index contributed by atoms with van der Waals surface area (Å²) in [6.45, 7) is 0. The van der Waals surface area contributed by atoms with Gasteiger partial charge in [0, 0.05) is 5.92 Å². The number of hydrogen-bond donors (Lipinski definition) is 2. The molecule has 5 heteroatoms. The van der Waals surface area contributed by atoms with E-state index >= 15 is 0 Å². The second-order valence-corrected chi connectivity index (χ2v) is 2.75. The summed E-state index contributed by atoms with van der Waals surface area (Å²) in [5.41, 5.74) is 4.39. The van der Waals surface area contributed by atoms with Crippen LogP contribution in [0.2, 0.25) is 0 Å². The van der Waals surface area contributed by atoms with Crippen LogP contribution in [0.1, 0.15) is 12.8 Å². The first kappa shape index (κ1) is 9.57. The average Bonchev–Trinajstić information content (AvgIpc) is 2.66. The fraction of sp³-hybridized carbons (Fsp3) is 0.500. The van der Waals surface area contributed by atoms with Crippen LogP contribution in [0.25, 0.3) is 0 Å². The smallest absolute Gasteiger partial charge is 0.425 e. The van der Waals surface area contributed by atoms with Gasteiger partial charge < -0.3 is 4.74 Å². The van der Waals surface area contributed by atoms with Gasteiger partial charge in [-0.05, 0) is 12.8 Å². The molecule has 0 aromatic rings. The molecule has 0 aliphatic heterocycles. The predicted molar refractivity (Wildman–Crippen MR) is 45.5 cm³/mol. The van der Waals surface area contributed by atoms with Gasteiger partial charge in [-0.15, -0.1) is 0 Å². The molecule has 0 saturated heterocycles. The fourth-order valence-electron chi connectivity index (χ4n) is 1.10. The van der Waals surface area contributed by atoms with Crippen LogP contribution < -0.4 is 10.9 Å². The second-order valence-electron chi connectivity index (χ2n) is 2.75. The van der Waals surface area contributed by atoms with E-state index in [1.54, 1.807) is 0 Å². The predicted octanol–water partition coefficient (Wildman–Crippen LogP) is 0.340. The quantitative estimate of drug-likeness (QED) is 0.456. The van der Waals surface area contributed by atoms with Crippen molar-refractivity contribution in [3.05, 3.63) is 12.2 Å². The molecule has 0 spiro atoms. The minimum absolute atomic E-state index is 0.0582. The molecule has 1 aliphatic rings. The van der Waals surface area contributed by atoms with E-state index in [1.165, 1.54) is 7.11 Å². The van der Waals surface area contributed by atoms with Crippen LogP contribution in [-0.2, 0) is 9.53 Å². The Morgan fingerprint density at radius 1 is 1.31 bits per heavy atom. The molecular formula is C8H12N2O3. The average molecular weight is 184 g/mol. The lowest BCUT2D eigenvalue weighted by Gasteiger charge is -2.10. The number of allylic oxidation sites excluding steroid dienone is 2. The number of hydrazine groups is 1. The van der Waals surface area contributed by atoms with E-state index < -0.39 is 6.09 Å². The molecule has 0 fully saturated rings. The minimum Gasteiger partial charge on any atom is -0.452 e. The monoisotopic (exact) mass is 184 g/mol. The van der Waals surface area contributed by atoms with Crippen molar-refractivity contribution in [2.24, 2.45) is 5.92 Å². The SMILES string of the molecule is COC(=O)NNC(=O)C1CC=CC1. The Morgan fingerprint density at radius 3 is 2.46 bits per heavy atom. The molecule has 0 radical (unpaired) electrons. The summed E-state index contributed by atoms with van der Waals surface area (Å²) in [7, 11) is 1.23. The van der Waals surface area contributed by atoms with E-state index in [4.69, 9.17) is 0 Å². The molecule has 72 valence electrons. The van der Waals surface area contributed by atoms with E-state index in [1.807, 2.05) is 12.2 Å². The van der Waals surface area contributed by atoms with Gasteiger partial charge in [-0.3, -0.25) is 10.2 Å². The standard InChI is InChI=1S/C8H12N2O3/c1-13-8(12)10-9-7(11)6-4-2-3-5-6/h2-3,6H,4-5H2,1H3,(H,9,11)(H,10,12). The Balaban J connectivity index is 2.21. The van der Waals surface area contributed by atoms with Crippen LogP contribution in [0, 0.1) is 5.92 Å². The zero-order valence-corrected chi connectivity index (χ0v) is 7.37. The van der Waals surface area contributed by atoms with Crippen molar-refractivity contribution in [2.75, 3.05) is 7.11 Å². The van der Waals surface area contributed by atoms with Crippen molar-refractivity contribution >= 4 is 12.0 Å². The topological polar surface area (TPSA) is 67.4 Å². The first-order valence-corrected chi connectivity index (χ1v) is 4.03. The summed E-state index contributed by atoms with van der Waals surface area (Å²) < 4.78 is 4.28. The molecule has 2 amide bonds. The Labute approximate surface area is 76.1 Å². The highest BCUT2D eigenvalue weighted by Crippen LogP contribution is 2.16. The van der Waals surface area contributed by atoms with Crippen molar-refractivity contribution in [1.29, 1.82) is 0 Å². The number of amides is 2. The highest BCUT2D eigenvalue weighted by molar-refractivity contribution is 5.81. The van der Waals surface area contributed by atoms with Crippen LogP contribution in [0.4, 0.5) is 4.79 Å². The maximum atomic E-state index is 11.2. The van der Waals surface area contributed by atoms with Gasteiger partial charge in [0.1, 0.15) is 0 Å². The first-order chi connectivity index (χ1) is 6.24. The number of carbonyl (C=O) groups is 2. The maximum Gasteiger partial charge on any atom is 0.425 e. The number of methoxy groups -OCH3 is 1. The first-order valence-electron chi connectivity index (χ1n) is 4.03. The van der Waals surface area contributed by atoms with Crippen molar-refractivity contribution < 1.29 is 14.3 Å². The lowest BCUT2D eigenvalue weighted by Crippen LogP contribution is -2.44. The summed E-state index contributed by atoms with van der Waals surface area (Å²) in [5, 5.41) is 0. The third-order valence-electron chi connectivity index (χ3n) is 1.85. The summed E-state index contributed by atoms with van der Waals surface area (Å²) in [6.07, 6.45) is 4.69. The molecule has 0 aromatic carbocycles. The molecule has 0 heterocycles. The molecule has 1 rings (SSSR count). The molecular weight excluding hydrogens is 172 g/mol. The zero-order chi connectivity index (χ0) is 9.68. The normalized spacial score (nSPS) is 15.5. The van der Waals surface area contributed by atoms with Crippen LogP contribution in [0.15, 0.2) is 12.2 Å². The van der Waals surface area contributed by atoms with Crippen LogP contribution >= 0.6 is 0 Å². The molecule has 2 N–H and O–H groups in total. The Hall–Kier alpha value is -1.52. The van der Waals surface area contributed by atoms with E-state index in [9.17, 15) is 9.59 Å². The van der Waals surface area contributed by atoms with E-state index in [0.29, 0.717) is 0 Å². The maximum absolute atomic E-state index is 11.2. The summed E-state index contributed by atoms with van der Waals surface area (Å²) in [5.74, 6) is -0.243. The summed E-state index contributed by atoms with van der Waals surface area (Å²) >= 11 is 0. The second kappa shape index (κ2) is 4.49. The number of carbonyl (C=O) groups excluding carboxylic acids is 2. The van der Waals surface area contributed by atoms with Gasteiger partial charge in [0.25, 0.3) is 0 Å². The molecule has 0 atom stereocenters. The van der Waals surface area contributed by atoms with Gasteiger partial charge in [0.2, 0.25) is 5.91 Å². The molecule has 0 unspecified atom stereocenters. The van der Waals surface area contributed by atoms with Gasteiger partial charge >= 0.3 is 6.09 Å². The van der Waals surface area contributed by atoms with Crippen molar-refractivity contribution in [3.8, 4) is 0 Å². The highest BCUT2D eigenvalue weighted by atomic mass is 16.5. The lowest BCUT2D eigenvalue weighted by atomic mass is 10.1. The zero-order valence-electron chi connectivity index (χ0n) is 7.37.